The van der Waals surface area contributed by atoms with Crippen molar-refractivity contribution in [2.24, 2.45) is 5.92 Å². The standard InChI is InChI=1S/C25H31N9O/c1-35-20-8-21(22-13-29-30-23(22)9-20)24-16-34(32-31-24)14-18-11-27-25(28-12-18)33-7-3-6-19(15-33)26-10-17-4-2-5-17/h8-9,11-13,16-17,19,26H,2-7,10,14-15H2,1H3,(H,29,30). The molecule has 0 radical (unpaired) electrons. The lowest BCUT2D eigenvalue weighted by molar-refractivity contribution is 0.280. The second kappa shape index (κ2) is 9.61. The second-order valence-electron chi connectivity index (χ2n) is 9.69. The lowest BCUT2D eigenvalue weighted by Crippen LogP contribution is -2.48. The highest BCUT2D eigenvalue weighted by atomic mass is 16.5. The first-order chi connectivity index (χ1) is 17.2. The molecule has 1 saturated carbocycles. The summed E-state index contributed by atoms with van der Waals surface area (Å²) in [5.74, 6) is 2.43. The minimum Gasteiger partial charge on any atom is -0.497 e. The maximum atomic E-state index is 5.43. The van der Waals surface area contributed by atoms with Crippen LogP contribution in [-0.4, -0.2) is 67.9 Å². The van der Waals surface area contributed by atoms with Crippen LogP contribution in [0.25, 0.3) is 22.2 Å². The molecule has 2 N–H and O–H groups in total. The van der Waals surface area contributed by atoms with Crippen LogP contribution in [0.5, 0.6) is 5.75 Å². The molecule has 2 aliphatic rings. The van der Waals surface area contributed by atoms with Crippen LogP contribution in [0.3, 0.4) is 0 Å². The van der Waals surface area contributed by atoms with Crippen molar-refractivity contribution in [1.82, 2.24) is 40.5 Å². The Balaban J connectivity index is 1.11. The fraction of sp³-hybridized carbons (Fsp3) is 0.480. The molecule has 1 aromatic carbocycles. The third-order valence-corrected chi connectivity index (χ3v) is 7.24. The largest absolute Gasteiger partial charge is 0.497 e. The van der Waals surface area contributed by atoms with E-state index in [1.807, 2.05) is 30.7 Å². The Morgan fingerprint density at radius 1 is 1.11 bits per heavy atom. The molecule has 3 aromatic heterocycles. The Hall–Kier alpha value is -3.53. The molecule has 6 rings (SSSR count). The molecular formula is C25H31N9O. The van der Waals surface area contributed by atoms with Gasteiger partial charge < -0.3 is 15.0 Å². The summed E-state index contributed by atoms with van der Waals surface area (Å²) in [5, 5.41) is 20.6. The number of fused-ring (bicyclic) bond motifs is 1. The molecule has 1 unspecified atom stereocenters. The number of aromatic nitrogens is 7. The Kier molecular flexibility index (Phi) is 6.03. The highest BCUT2D eigenvalue weighted by molar-refractivity contribution is 5.94. The first-order valence-corrected chi connectivity index (χ1v) is 12.5. The molecule has 0 bridgehead atoms. The van der Waals surface area contributed by atoms with Crippen molar-refractivity contribution in [1.29, 1.82) is 0 Å². The molecule has 1 aliphatic heterocycles. The van der Waals surface area contributed by atoms with Crippen LogP contribution >= 0.6 is 0 Å². The maximum Gasteiger partial charge on any atom is 0.225 e. The fourth-order valence-corrected chi connectivity index (χ4v) is 4.99. The molecular weight excluding hydrogens is 442 g/mol. The monoisotopic (exact) mass is 473 g/mol. The normalized spacial score (nSPS) is 18.7. The molecule has 10 nitrogen and oxygen atoms in total. The van der Waals surface area contributed by atoms with Gasteiger partial charge in [0.05, 0.1) is 31.6 Å². The number of hydrogen-bond donors (Lipinski definition) is 2. The number of piperidine rings is 1. The molecule has 1 atom stereocenters. The number of rotatable bonds is 8. The Bertz CT molecular complexity index is 1280. The van der Waals surface area contributed by atoms with Gasteiger partial charge in [-0.3, -0.25) is 5.10 Å². The molecule has 1 aliphatic carbocycles. The van der Waals surface area contributed by atoms with E-state index in [0.29, 0.717) is 12.6 Å². The zero-order chi connectivity index (χ0) is 23.6. The van der Waals surface area contributed by atoms with Gasteiger partial charge in [-0.15, -0.1) is 5.10 Å². The minimum absolute atomic E-state index is 0.527. The van der Waals surface area contributed by atoms with E-state index >= 15 is 0 Å². The summed E-state index contributed by atoms with van der Waals surface area (Å²) in [4.78, 5) is 11.7. The van der Waals surface area contributed by atoms with Crippen LogP contribution in [0.1, 0.15) is 37.7 Å². The molecule has 2 fully saturated rings. The third-order valence-electron chi connectivity index (χ3n) is 7.24. The number of aromatic amines is 1. The third kappa shape index (κ3) is 4.70. The summed E-state index contributed by atoms with van der Waals surface area (Å²) in [6, 6.07) is 4.40. The molecule has 0 spiro atoms. The lowest BCUT2D eigenvalue weighted by atomic mass is 9.85. The maximum absolute atomic E-state index is 5.43. The van der Waals surface area contributed by atoms with Gasteiger partial charge in [-0.25, -0.2) is 14.6 Å². The minimum atomic E-state index is 0.527. The molecule has 1 saturated heterocycles. The van der Waals surface area contributed by atoms with Gasteiger partial charge in [-0.05, 0) is 44.2 Å². The summed E-state index contributed by atoms with van der Waals surface area (Å²) in [6.07, 6.45) is 14.1. The quantitative estimate of drug-likeness (QED) is 0.402. The van der Waals surface area contributed by atoms with Gasteiger partial charge >= 0.3 is 0 Å². The van der Waals surface area contributed by atoms with Crippen molar-refractivity contribution in [3.63, 3.8) is 0 Å². The van der Waals surface area contributed by atoms with Crippen LogP contribution in [0, 0.1) is 5.92 Å². The predicted octanol–water partition coefficient (Wildman–Crippen LogP) is 3.03. The molecule has 35 heavy (non-hydrogen) atoms. The second-order valence-corrected chi connectivity index (χ2v) is 9.69. The van der Waals surface area contributed by atoms with Crippen LogP contribution in [0.2, 0.25) is 0 Å². The first-order valence-electron chi connectivity index (χ1n) is 12.5. The number of methoxy groups -OCH3 is 1. The van der Waals surface area contributed by atoms with E-state index in [2.05, 4.69) is 40.7 Å². The summed E-state index contributed by atoms with van der Waals surface area (Å²) < 4.78 is 7.23. The van der Waals surface area contributed by atoms with Gasteiger partial charge in [0.2, 0.25) is 5.95 Å². The van der Waals surface area contributed by atoms with Gasteiger partial charge in [-0.2, -0.15) is 5.10 Å². The number of benzene rings is 1. The predicted molar refractivity (Wildman–Crippen MR) is 133 cm³/mol. The molecule has 10 heteroatoms. The van der Waals surface area contributed by atoms with E-state index in [9.17, 15) is 0 Å². The van der Waals surface area contributed by atoms with Crippen LogP contribution in [0.4, 0.5) is 5.95 Å². The number of H-pyrrole nitrogens is 1. The van der Waals surface area contributed by atoms with E-state index in [-0.39, 0.29) is 0 Å². The lowest BCUT2D eigenvalue weighted by Gasteiger charge is -2.35. The number of nitrogens with zero attached hydrogens (tertiary/aromatic N) is 7. The van der Waals surface area contributed by atoms with Crippen LogP contribution < -0.4 is 15.0 Å². The summed E-state index contributed by atoms with van der Waals surface area (Å²) in [6.45, 7) is 3.69. The van der Waals surface area contributed by atoms with Crippen LogP contribution in [-0.2, 0) is 6.54 Å². The topological polar surface area (TPSA) is 110 Å². The summed E-state index contributed by atoms with van der Waals surface area (Å²) in [7, 11) is 1.65. The average Bonchev–Trinajstić information content (AvgIpc) is 3.53. The molecule has 0 amide bonds. The van der Waals surface area contributed by atoms with Crippen molar-refractivity contribution >= 4 is 16.9 Å². The van der Waals surface area contributed by atoms with E-state index in [4.69, 9.17) is 4.74 Å². The van der Waals surface area contributed by atoms with Crippen molar-refractivity contribution < 1.29 is 4.74 Å². The Morgan fingerprint density at radius 3 is 2.80 bits per heavy atom. The zero-order valence-corrected chi connectivity index (χ0v) is 20.0. The van der Waals surface area contributed by atoms with Crippen molar-refractivity contribution in [2.45, 2.75) is 44.7 Å². The van der Waals surface area contributed by atoms with E-state index < -0.39 is 0 Å². The van der Waals surface area contributed by atoms with Crippen molar-refractivity contribution in [2.75, 3.05) is 31.6 Å². The van der Waals surface area contributed by atoms with Gasteiger partial charge in [0, 0.05) is 54.1 Å². The number of hydrogen-bond acceptors (Lipinski definition) is 8. The molecule has 4 heterocycles. The average molecular weight is 474 g/mol. The highest BCUT2D eigenvalue weighted by Gasteiger charge is 2.24. The summed E-state index contributed by atoms with van der Waals surface area (Å²) >= 11 is 0. The Labute approximate surface area is 204 Å². The van der Waals surface area contributed by atoms with E-state index in [1.165, 1.54) is 32.1 Å². The molecule has 4 aromatic rings. The van der Waals surface area contributed by atoms with Gasteiger partial charge in [0.1, 0.15) is 11.4 Å². The number of nitrogens with one attached hydrogen (secondary N) is 2. The Morgan fingerprint density at radius 2 is 2.00 bits per heavy atom. The van der Waals surface area contributed by atoms with Crippen molar-refractivity contribution in [3.05, 3.63) is 42.5 Å². The van der Waals surface area contributed by atoms with Crippen LogP contribution in [0.15, 0.2) is 36.9 Å². The van der Waals surface area contributed by atoms with E-state index in [1.54, 1.807) is 18.0 Å². The highest BCUT2D eigenvalue weighted by Crippen LogP contribution is 2.31. The number of ether oxygens (including phenoxy) is 1. The van der Waals surface area contributed by atoms with Gasteiger partial charge in [0.15, 0.2) is 0 Å². The first kappa shape index (κ1) is 22.0. The van der Waals surface area contributed by atoms with Crippen molar-refractivity contribution in [3.8, 4) is 17.0 Å². The zero-order valence-electron chi connectivity index (χ0n) is 20.0. The summed E-state index contributed by atoms with van der Waals surface area (Å²) in [5.41, 5.74) is 3.58. The van der Waals surface area contributed by atoms with E-state index in [0.717, 1.165) is 65.0 Å². The van der Waals surface area contributed by atoms with Gasteiger partial charge in [-0.1, -0.05) is 11.6 Å². The fourth-order valence-electron chi connectivity index (χ4n) is 4.99. The molecule has 182 valence electrons. The SMILES string of the molecule is COc1cc(-c2cn(Cc3cnc(N4CCCC(NCC5CCC5)C4)nc3)nn2)c2cn[nH]c2c1. The van der Waals surface area contributed by atoms with Gasteiger partial charge in [0.25, 0.3) is 0 Å². The smallest absolute Gasteiger partial charge is 0.225 e. The number of anilines is 1.